The number of alkyl halides is 2. The molecule has 0 spiro atoms. The Morgan fingerprint density at radius 3 is 2.70 bits per heavy atom. The van der Waals surface area contributed by atoms with Gasteiger partial charge in [-0.25, -0.2) is 8.78 Å². The van der Waals surface area contributed by atoms with Gasteiger partial charge < -0.3 is 10.1 Å². The van der Waals surface area contributed by atoms with Crippen molar-refractivity contribution in [2.75, 3.05) is 11.9 Å². The maximum Gasteiger partial charge on any atom is 0.257 e. The van der Waals surface area contributed by atoms with Crippen LogP contribution in [-0.2, 0) is 13.1 Å². The van der Waals surface area contributed by atoms with Crippen molar-refractivity contribution in [2.45, 2.75) is 26.4 Å². The third kappa shape index (κ3) is 4.22. The average molecular weight is 281 g/mol. The molecule has 1 N–H and O–H groups in total. The maximum atomic E-state index is 12.2. The Morgan fingerprint density at radius 2 is 2.05 bits per heavy atom. The molecule has 2 aromatic rings. The van der Waals surface area contributed by atoms with Crippen LogP contribution in [0.4, 0.5) is 14.5 Å². The van der Waals surface area contributed by atoms with Crippen molar-refractivity contribution in [3.05, 3.63) is 42.2 Å². The van der Waals surface area contributed by atoms with Gasteiger partial charge in [-0.05, 0) is 24.6 Å². The highest BCUT2D eigenvalue weighted by molar-refractivity contribution is 5.39. The number of benzene rings is 1. The van der Waals surface area contributed by atoms with Crippen molar-refractivity contribution in [1.29, 1.82) is 0 Å². The van der Waals surface area contributed by atoms with Crippen LogP contribution in [0.1, 0.15) is 12.5 Å². The van der Waals surface area contributed by atoms with Crippen LogP contribution < -0.4 is 10.1 Å². The van der Waals surface area contributed by atoms with Gasteiger partial charge in [0.25, 0.3) is 6.43 Å². The predicted octanol–water partition coefficient (Wildman–Crippen LogP) is 3.16. The third-order valence-electron chi connectivity index (χ3n) is 2.69. The first-order valence-corrected chi connectivity index (χ1v) is 6.43. The molecule has 108 valence electrons. The Bertz CT molecular complexity index is 525. The fraction of sp³-hybridized carbons (Fsp3) is 0.357. The molecule has 0 bridgehead atoms. The topological polar surface area (TPSA) is 39.1 Å². The molecule has 2 rings (SSSR count). The standard InChI is InChI=1S/C14H17F2N3O/c1-2-20-13-5-3-11(4-6-13)7-17-12-8-18-19(9-12)10-14(15)16/h3-6,8-9,14,17H,2,7,10H2,1H3. The Morgan fingerprint density at radius 1 is 1.30 bits per heavy atom. The van der Waals surface area contributed by atoms with Crippen molar-refractivity contribution in [3.63, 3.8) is 0 Å². The van der Waals surface area contributed by atoms with Crippen LogP contribution in [0.15, 0.2) is 36.7 Å². The Hall–Kier alpha value is -2.11. The van der Waals surface area contributed by atoms with Gasteiger partial charge in [0.2, 0.25) is 0 Å². The number of anilines is 1. The van der Waals surface area contributed by atoms with Gasteiger partial charge in [0, 0.05) is 12.7 Å². The van der Waals surface area contributed by atoms with E-state index in [0.29, 0.717) is 13.2 Å². The van der Waals surface area contributed by atoms with Crippen LogP contribution in [0.5, 0.6) is 5.75 Å². The fourth-order valence-electron chi connectivity index (χ4n) is 1.77. The second kappa shape index (κ2) is 6.88. The maximum absolute atomic E-state index is 12.2. The zero-order chi connectivity index (χ0) is 14.4. The number of halogens is 2. The van der Waals surface area contributed by atoms with Gasteiger partial charge in [-0.15, -0.1) is 0 Å². The molecule has 0 radical (unpaired) electrons. The molecule has 0 amide bonds. The molecule has 20 heavy (non-hydrogen) atoms. The summed E-state index contributed by atoms with van der Waals surface area (Å²) in [5.41, 5.74) is 1.80. The van der Waals surface area contributed by atoms with Gasteiger partial charge >= 0.3 is 0 Å². The minimum absolute atomic E-state index is 0.384. The minimum Gasteiger partial charge on any atom is -0.494 e. The normalized spacial score (nSPS) is 10.8. The molecule has 0 fully saturated rings. The number of nitrogens with one attached hydrogen (secondary N) is 1. The van der Waals surface area contributed by atoms with Gasteiger partial charge in [-0.3, -0.25) is 4.68 Å². The first kappa shape index (κ1) is 14.3. The van der Waals surface area contributed by atoms with Crippen LogP contribution in [0.25, 0.3) is 0 Å². The Kier molecular flexibility index (Phi) is 4.92. The summed E-state index contributed by atoms with van der Waals surface area (Å²) in [6.45, 7) is 2.80. The summed E-state index contributed by atoms with van der Waals surface area (Å²) in [5.74, 6) is 0.834. The van der Waals surface area contributed by atoms with Gasteiger partial charge in [-0.1, -0.05) is 12.1 Å². The number of nitrogens with zero attached hydrogens (tertiary/aromatic N) is 2. The van der Waals surface area contributed by atoms with Gasteiger partial charge in [0.1, 0.15) is 12.3 Å². The molecule has 0 aliphatic heterocycles. The van der Waals surface area contributed by atoms with Crippen LogP contribution in [-0.4, -0.2) is 22.8 Å². The lowest BCUT2D eigenvalue weighted by Crippen LogP contribution is -2.06. The van der Waals surface area contributed by atoms with E-state index >= 15 is 0 Å². The second-order valence-corrected chi connectivity index (χ2v) is 4.27. The van der Waals surface area contributed by atoms with Crippen LogP contribution in [0.2, 0.25) is 0 Å². The van der Waals surface area contributed by atoms with Crippen molar-refractivity contribution in [3.8, 4) is 5.75 Å². The molecule has 0 saturated carbocycles. The van der Waals surface area contributed by atoms with E-state index in [-0.39, 0.29) is 6.54 Å². The van der Waals surface area contributed by atoms with E-state index in [4.69, 9.17) is 4.74 Å². The van der Waals surface area contributed by atoms with Crippen LogP contribution in [0.3, 0.4) is 0 Å². The fourth-order valence-corrected chi connectivity index (χ4v) is 1.77. The summed E-state index contributed by atoms with van der Waals surface area (Å²) in [5, 5.41) is 7.00. The highest BCUT2D eigenvalue weighted by Gasteiger charge is 2.05. The zero-order valence-electron chi connectivity index (χ0n) is 11.2. The summed E-state index contributed by atoms with van der Waals surface area (Å²) in [7, 11) is 0. The number of ether oxygens (including phenoxy) is 1. The van der Waals surface area contributed by atoms with Crippen LogP contribution in [0, 0.1) is 0 Å². The zero-order valence-corrected chi connectivity index (χ0v) is 11.2. The number of rotatable bonds is 7. The third-order valence-corrected chi connectivity index (χ3v) is 2.69. The SMILES string of the molecule is CCOc1ccc(CNc2cnn(CC(F)F)c2)cc1. The smallest absolute Gasteiger partial charge is 0.257 e. The van der Waals surface area contributed by atoms with Crippen molar-refractivity contribution >= 4 is 5.69 Å². The first-order chi connectivity index (χ1) is 9.67. The quantitative estimate of drug-likeness (QED) is 0.847. The van der Waals surface area contributed by atoms with E-state index in [1.807, 2.05) is 31.2 Å². The van der Waals surface area contributed by atoms with Gasteiger partial charge in [0.05, 0.1) is 18.5 Å². The first-order valence-electron chi connectivity index (χ1n) is 6.43. The molecular formula is C14H17F2N3O. The summed E-state index contributed by atoms with van der Waals surface area (Å²) >= 11 is 0. The molecule has 0 saturated heterocycles. The average Bonchev–Trinajstić information content (AvgIpc) is 2.85. The van der Waals surface area contributed by atoms with E-state index in [2.05, 4.69) is 10.4 Å². The molecule has 1 aromatic carbocycles. The largest absolute Gasteiger partial charge is 0.494 e. The summed E-state index contributed by atoms with van der Waals surface area (Å²) < 4.78 is 31.0. The minimum atomic E-state index is -2.39. The molecule has 4 nitrogen and oxygen atoms in total. The van der Waals surface area contributed by atoms with E-state index in [1.54, 1.807) is 6.20 Å². The summed E-state index contributed by atoms with van der Waals surface area (Å²) in [6, 6.07) is 7.73. The van der Waals surface area contributed by atoms with E-state index in [0.717, 1.165) is 17.0 Å². The second-order valence-electron chi connectivity index (χ2n) is 4.27. The Balaban J connectivity index is 1.86. The highest BCUT2D eigenvalue weighted by atomic mass is 19.3. The van der Waals surface area contributed by atoms with E-state index in [9.17, 15) is 8.78 Å². The van der Waals surface area contributed by atoms with Gasteiger partial charge in [0.15, 0.2) is 0 Å². The van der Waals surface area contributed by atoms with E-state index in [1.165, 1.54) is 10.9 Å². The molecule has 1 aromatic heterocycles. The molecule has 6 heteroatoms. The monoisotopic (exact) mass is 281 g/mol. The van der Waals surface area contributed by atoms with E-state index < -0.39 is 6.43 Å². The lowest BCUT2D eigenvalue weighted by atomic mass is 10.2. The highest BCUT2D eigenvalue weighted by Crippen LogP contribution is 2.14. The molecule has 0 unspecified atom stereocenters. The van der Waals surface area contributed by atoms with Gasteiger partial charge in [-0.2, -0.15) is 5.10 Å². The predicted molar refractivity (Wildman–Crippen MR) is 73.2 cm³/mol. The molecule has 0 atom stereocenters. The molecule has 0 aliphatic rings. The number of hydrogen-bond donors (Lipinski definition) is 1. The Labute approximate surface area is 116 Å². The summed E-state index contributed by atoms with van der Waals surface area (Å²) in [4.78, 5) is 0. The lowest BCUT2D eigenvalue weighted by molar-refractivity contribution is 0.122. The van der Waals surface area contributed by atoms with Crippen LogP contribution >= 0.6 is 0 Å². The number of aromatic nitrogens is 2. The molecule has 1 heterocycles. The molecule has 0 aliphatic carbocycles. The number of hydrogen-bond acceptors (Lipinski definition) is 3. The molecular weight excluding hydrogens is 264 g/mol. The lowest BCUT2D eigenvalue weighted by Gasteiger charge is -2.06. The van der Waals surface area contributed by atoms with Crippen molar-refractivity contribution in [2.24, 2.45) is 0 Å². The summed E-state index contributed by atoms with van der Waals surface area (Å²) in [6.07, 6.45) is 0.714. The van der Waals surface area contributed by atoms with Crippen molar-refractivity contribution < 1.29 is 13.5 Å². The van der Waals surface area contributed by atoms with Crippen molar-refractivity contribution in [1.82, 2.24) is 9.78 Å².